The third-order valence-electron chi connectivity index (χ3n) is 13.5. The molecule has 1 nitrogen and oxygen atoms in total. The van der Waals surface area contributed by atoms with Crippen molar-refractivity contribution in [2.75, 3.05) is 4.90 Å². The third kappa shape index (κ3) is 7.86. The Morgan fingerprint density at radius 1 is 0.203 bits per heavy atom. The first-order chi connectivity index (χ1) is 34.3. The van der Waals surface area contributed by atoms with Crippen LogP contribution in [-0.4, -0.2) is 0 Å². The molecule has 1 heteroatoms. The molecule has 0 fully saturated rings. The van der Waals surface area contributed by atoms with Crippen LogP contribution in [0.25, 0.3) is 99.4 Å². The summed E-state index contributed by atoms with van der Waals surface area (Å²) in [6, 6.07) is 104. The highest BCUT2D eigenvalue weighted by atomic mass is 15.1. The summed E-state index contributed by atoms with van der Waals surface area (Å²) in [4.78, 5) is 2.40. The van der Waals surface area contributed by atoms with Gasteiger partial charge in [0, 0.05) is 16.9 Å². The van der Waals surface area contributed by atoms with Crippen LogP contribution < -0.4 is 4.90 Å². The predicted molar refractivity (Wildman–Crippen MR) is 294 cm³/mol. The van der Waals surface area contributed by atoms with E-state index in [9.17, 15) is 0 Å². The molecule has 0 aromatic heterocycles. The molecule has 12 aromatic carbocycles. The summed E-state index contributed by atoms with van der Waals surface area (Å²) in [5, 5.41) is 4.90. The first-order valence-electron chi connectivity index (χ1n) is 23.8. The molecule has 324 valence electrons. The van der Waals surface area contributed by atoms with E-state index in [0.717, 1.165) is 33.8 Å². The van der Waals surface area contributed by atoms with Crippen molar-refractivity contribution < 1.29 is 0 Å². The highest BCUT2D eigenvalue weighted by molar-refractivity contribution is 6.19. The van der Waals surface area contributed by atoms with Crippen molar-refractivity contribution in [2.24, 2.45) is 0 Å². The van der Waals surface area contributed by atoms with E-state index in [1.807, 2.05) is 0 Å². The highest BCUT2D eigenvalue weighted by Crippen LogP contribution is 2.52. The molecule has 0 N–H and O–H groups in total. The van der Waals surface area contributed by atoms with E-state index < -0.39 is 0 Å². The summed E-state index contributed by atoms with van der Waals surface area (Å²) in [5.74, 6) is 0. The zero-order chi connectivity index (χ0) is 45.9. The normalized spacial score (nSPS) is 11.2. The van der Waals surface area contributed by atoms with E-state index in [1.165, 1.54) is 82.7 Å². The molecule has 0 bridgehead atoms. The average Bonchev–Trinajstić information content (AvgIpc) is 3.44. The highest BCUT2D eigenvalue weighted by Gasteiger charge is 2.25. The van der Waals surface area contributed by atoms with Crippen molar-refractivity contribution in [1.29, 1.82) is 0 Å². The molecule has 0 aliphatic heterocycles. The van der Waals surface area contributed by atoms with Crippen LogP contribution in [0.3, 0.4) is 0 Å². The van der Waals surface area contributed by atoms with Crippen molar-refractivity contribution in [3.05, 3.63) is 285 Å². The van der Waals surface area contributed by atoms with E-state index >= 15 is 0 Å². The van der Waals surface area contributed by atoms with Crippen LogP contribution in [0.2, 0.25) is 0 Å². The standard InChI is InChI=1S/C68H47N/c1-6-23-50(24-7-1)65-62-45-42-56(47-63(62)66(51-25-8-2-9-26-51)68(53-29-12-4-13-30-53)67(65)52-27-10-3-11-28-52)59-34-18-19-35-60(59)61-36-20-21-37-64(61)69(57-32-14-5-15-33-57)58-43-40-49(41-44-58)55-39-38-48-22-16-17-31-54(48)46-55/h1-47H. The number of fused-ring (bicyclic) bond motifs is 2. The topological polar surface area (TPSA) is 3.24 Å². The number of nitrogens with zero attached hydrogens (tertiary/aromatic N) is 1. The summed E-state index contributed by atoms with van der Waals surface area (Å²) in [5.41, 5.74) is 19.9. The van der Waals surface area contributed by atoms with Crippen LogP contribution in [0.1, 0.15) is 0 Å². The monoisotopic (exact) mass is 877 g/mol. The number of hydrogen-bond donors (Lipinski definition) is 0. The van der Waals surface area contributed by atoms with Crippen molar-refractivity contribution in [2.45, 2.75) is 0 Å². The number of hydrogen-bond acceptors (Lipinski definition) is 1. The van der Waals surface area contributed by atoms with Crippen molar-refractivity contribution in [3.8, 4) is 77.9 Å². The number of benzene rings is 12. The molecule has 0 saturated heterocycles. The maximum Gasteiger partial charge on any atom is 0.0540 e. The molecule has 12 rings (SSSR count). The Morgan fingerprint density at radius 3 is 1.22 bits per heavy atom. The molecule has 0 unspecified atom stereocenters. The fourth-order valence-corrected chi connectivity index (χ4v) is 10.3. The Labute approximate surface area is 404 Å². The van der Waals surface area contributed by atoms with Gasteiger partial charge in [-0.2, -0.15) is 0 Å². The minimum Gasteiger partial charge on any atom is -0.310 e. The maximum absolute atomic E-state index is 2.45. The van der Waals surface area contributed by atoms with Crippen molar-refractivity contribution in [1.82, 2.24) is 0 Å². The molecule has 0 atom stereocenters. The summed E-state index contributed by atoms with van der Waals surface area (Å²) < 4.78 is 0. The van der Waals surface area contributed by atoms with Gasteiger partial charge in [-0.25, -0.2) is 0 Å². The van der Waals surface area contributed by atoms with Gasteiger partial charge in [0.15, 0.2) is 0 Å². The Kier molecular flexibility index (Phi) is 11.0. The van der Waals surface area contributed by atoms with E-state index in [4.69, 9.17) is 0 Å². The molecular formula is C68H47N. The van der Waals surface area contributed by atoms with Gasteiger partial charge in [-0.05, 0) is 136 Å². The Balaban J connectivity index is 1.07. The van der Waals surface area contributed by atoms with Gasteiger partial charge in [-0.1, -0.05) is 243 Å². The van der Waals surface area contributed by atoms with Gasteiger partial charge in [0.25, 0.3) is 0 Å². The van der Waals surface area contributed by atoms with Gasteiger partial charge in [-0.15, -0.1) is 0 Å². The van der Waals surface area contributed by atoms with E-state index in [-0.39, 0.29) is 0 Å². The average molecular weight is 878 g/mol. The number of rotatable bonds is 10. The fraction of sp³-hybridized carbons (Fsp3) is 0. The minimum absolute atomic E-state index is 1.09. The molecule has 0 saturated carbocycles. The van der Waals surface area contributed by atoms with E-state index in [2.05, 4.69) is 290 Å². The SMILES string of the molecule is c1ccc(-c2c(-c3ccccc3)c(-c3ccccc3)c3cc(-c4ccccc4-c4ccccc4N(c4ccccc4)c4ccc(-c5ccc6ccccc6c5)cc4)ccc3c2-c2ccccc2)cc1. The molecule has 69 heavy (non-hydrogen) atoms. The van der Waals surface area contributed by atoms with Gasteiger partial charge in [0.2, 0.25) is 0 Å². The lowest BCUT2D eigenvalue weighted by molar-refractivity contribution is 1.28. The van der Waals surface area contributed by atoms with Gasteiger partial charge in [0.1, 0.15) is 0 Å². The smallest absolute Gasteiger partial charge is 0.0540 e. The largest absolute Gasteiger partial charge is 0.310 e. The maximum atomic E-state index is 2.45. The lowest BCUT2D eigenvalue weighted by Crippen LogP contribution is -2.11. The van der Waals surface area contributed by atoms with Crippen LogP contribution in [0.15, 0.2) is 285 Å². The van der Waals surface area contributed by atoms with Crippen molar-refractivity contribution >= 4 is 38.6 Å². The third-order valence-corrected chi connectivity index (χ3v) is 13.5. The zero-order valence-corrected chi connectivity index (χ0v) is 38.1. The van der Waals surface area contributed by atoms with Crippen LogP contribution in [0.4, 0.5) is 17.1 Å². The molecule has 0 aliphatic carbocycles. The van der Waals surface area contributed by atoms with Gasteiger partial charge in [0.05, 0.1) is 5.69 Å². The fourth-order valence-electron chi connectivity index (χ4n) is 10.3. The molecule has 0 spiro atoms. The Bertz CT molecular complexity index is 3730. The minimum atomic E-state index is 1.09. The molecule has 0 heterocycles. The lowest BCUT2D eigenvalue weighted by Gasteiger charge is -2.28. The predicted octanol–water partition coefficient (Wildman–Crippen LogP) is 19.1. The van der Waals surface area contributed by atoms with Crippen LogP contribution in [0, 0.1) is 0 Å². The first-order valence-corrected chi connectivity index (χ1v) is 23.8. The van der Waals surface area contributed by atoms with E-state index in [1.54, 1.807) is 0 Å². The van der Waals surface area contributed by atoms with Crippen LogP contribution in [0.5, 0.6) is 0 Å². The van der Waals surface area contributed by atoms with Crippen LogP contribution >= 0.6 is 0 Å². The molecule has 0 amide bonds. The van der Waals surface area contributed by atoms with Gasteiger partial charge in [-0.3, -0.25) is 0 Å². The second kappa shape index (κ2) is 18.3. The Morgan fingerprint density at radius 2 is 0.623 bits per heavy atom. The zero-order valence-electron chi connectivity index (χ0n) is 38.1. The van der Waals surface area contributed by atoms with Crippen molar-refractivity contribution in [3.63, 3.8) is 0 Å². The number of para-hydroxylation sites is 2. The summed E-state index contributed by atoms with van der Waals surface area (Å²) in [6.45, 7) is 0. The van der Waals surface area contributed by atoms with Gasteiger partial charge < -0.3 is 4.90 Å². The Hall–Kier alpha value is -9.04. The first kappa shape index (κ1) is 41.4. The molecular weight excluding hydrogens is 831 g/mol. The number of anilines is 3. The quantitative estimate of drug-likeness (QED) is 0.132. The second-order valence-electron chi connectivity index (χ2n) is 17.6. The second-order valence-corrected chi connectivity index (χ2v) is 17.6. The van der Waals surface area contributed by atoms with E-state index in [0.29, 0.717) is 0 Å². The van der Waals surface area contributed by atoms with Crippen LogP contribution in [-0.2, 0) is 0 Å². The molecule has 0 aliphatic rings. The lowest BCUT2D eigenvalue weighted by atomic mass is 9.78. The summed E-state index contributed by atoms with van der Waals surface area (Å²) >= 11 is 0. The summed E-state index contributed by atoms with van der Waals surface area (Å²) in [6.07, 6.45) is 0. The summed E-state index contributed by atoms with van der Waals surface area (Å²) in [7, 11) is 0. The van der Waals surface area contributed by atoms with Gasteiger partial charge >= 0.3 is 0 Å². The molecule has 12 aromatic rings. The molecule has 0 radical (unpaired) electrons.